The Hall–Kier alpha value is -2.67. The summed E-state index contributed by atoms with van der Waals surface area (Å²) in [5, 5.41) is 4.04. The number of hydrogen-bond acceptors (Lipinski definition) is 5. The first-order chi connectivity index (χ1) is 13.8. The number of carbonyl (C=O) groups is 1. The molecule has 29 heavy (non-hydrogen) atoms. The third kappa shape index (κ3) is 5.44. The van der Waals surface area contributed by atoms with Crippen LogP contribution in [0.2, 0.25) is 0 Å². The fourth-order valence-electron chi connectivity index (χ4n) is 2.84. The molecule has 152 valence electrons. The Bertz CT molecular complexity index is 983. The van der Waals surface area contributed by atoms with Crippen LogP contribution in [0.3, 0.4) is 0 Å². The summed E-state index contributed by atoms with van der Waals surface area (Å²) in [7, 11) is 0. The standard InChI is InChI=1S/C22H24BrN3O3/c1-14(2)26(21(27)13-28-19-10-9-18(23)11-16(19)4)12-20-24-22(25-29-20)17-7-5-15(3)6-8-17/h5-11,14H,12-13H2,1-4H3. The summed E-state index contributed by atoms with van der Waals surface area (Å²) in [6, 6.07) is 13.5. The van der Waals surface area contributed by atoms with Crippen LogP contribution in [0.15, 0.2) is 51.5 Å². The highest BCUT2D eigenvalue weighted by molar-refractivity contribution is 9.10. The topological polar surface area (TPSA) is 68.5 Å². The second-order valence-electron chi connectivity index (χ2n) is 7.19. The summed E-state index contributed by atoms with van der Waals surface area (Å²) in [5.74, 6) is 1.45. The molecular formula is C22H24BrN3O3. The van der Waals surface area contributed by atoms with Gasteiger partial charge in [-0.1, -0.05) is 50.9 Å². The van der Waals surface area contributed by atoms with Crippen LogP contribution in [-0.4, -0.2) is 33.6 Å². The molecule has 1 aromatic heterocycles. The average Bonchev–Trinajstić information content (AvgIpc) is 3.14. The lowest BCUT2D eigenvalue weighted by Crippen LogP contribution is -2.39. The van der Waals surface area contributed by atoms with Crippen molar-refractivity contribution in [2.75, 3.05) is 6.61 Å². The smallest absolute Gasteiger partial charge is 0.261 e. The summed E-state index contributed by atoms with van der Waals surface area (Å²) in [4.78, 5) is 18.9. The highest BCUT2D eigenvalue weighted by Crippen LogP contribution is 2.22. The van der Waals surface area contributed by atoms with Crippen LogP contribution in [-0.2, 0) is 11.3 Å². The molecule has 6 nitrogen and oxygen atoms in total. The number of aryl methyl sites for hydroxylation is 2. The van der Waals surface area contributed by atoms with E-state index >= 15 is 0 Å². The SMILES string of the molecule is Cc1ccc(-c2noc(CN(C(=O)COc3ccc(Br)cc3C)C(C)C)n2)cc1. The Morgan fingerprint density at radius 2 is 1.90 bits per heavy atom. The van der Waals surface area contributed by atoms with Crippen molar-refractivity contribution in [3.8, 4) is 17.1 Å². The number of hydrogen-bond donors (Lipinski definition) is 0. The van der Waals surface area contributed by atoms with E-state index in [1.165, 1.54) is 0 Å². The average molecular weight is 458 g/mol. The van der Waals surface area contributed by atoms with Gasteiger partial charge in [0, 0.05) is 16.1 Å². The molecule has 1 amide bonds. The van der Waals surface area contributed by atoms with Gasteiger partial charge in [-0.05, 0) is 51.5 Å². The van der Waals surface area contributed by atoms with Crippen LogP contribution in [0.4, 0.5) is 0 Å². The van der Waals surface area contributed by atoms with E-state index in [0.29, 0.717) is 17.5 Å². The van der Waals surface area contributed by atoms with E-state index in [4.69, 9.17) is 9.26 Å². The van der Waals surface area contributed by atoms with Gasteiger partial charge < -0.3 is 14.2 Å². The maximum atomic E-state index is 12.8. The lowest BCUT2D eigenvalue weighted by molar-refractivity contribution is -0.136. The zero-order chi connectivity index (χ0) is 21.0. The van der Waals surface area contributed by atoms with Crippen molar-refractivity contribution in [3.63, 3.8) is 0 Å². The predicted octanol–water partition coefficient (Wildman–Crippen LogP) is 4.93. The van der Waals surface area contributed by atoms with Crippen molar-refractivity contribution in [3.05, 3.63) is 64.0 Å². The van der Waals surface area contributed by atoms with Crippen molar-refractivity contribution >= 4 is 21.8 Å². The minimum Gasteiger partial charge on any atom is -0.483 e. The van der Waals surface area contributed by atoms with Crippen LogP contribution in [0.25, 0.3) is 11.4 Å². The minimum absolute atomic E-state index is 0.0353. The molecule has 0 aliphatic carbocycles. The highest BCUT2D eigenvalue weighted by atomic mass is 79.9. The lowest BCUT2D eigenvalue weighted by atomic mass is 10.1. The maximum absolute atomic E-state index is 12.8. The van der Waals surface area contributed by atoms with Crippen LogP contribution >= 0.6 is 15.9 Å². The van der Waals surface area contributed by atoms with E-state index in [-0.39, 0.29) is 25.1 Å². The molecule has 0 aliphatic rings. The number of nitrogens with zero attached hydrogens (tertiary/aromatic N) is 3. The first kappa shape index (κ1) is 21.0. The van der Waals surface area contributed by atoms with Gasteiger partial charge in [0.1, 0.15) is 12.3 Å². The number of aromatic nitrogens is 2. The van der Waals surface area contributed by atoms with Gasteiger partial charge in [-0.2, -0.15) is 4.98 Å². The summed E-state index contributed by atoms with van der Waals surface area (Å²) in [6.45, 7) is 8.03. The quantitative estimate of drug-likeness (QED) is 0.502. The maximum Gasteiger partial charge on any atom is 0.261 e. The Morgan fingerprint density at radius 3 is 2.55 bits per heavy atom. The van der Waals surface area contributed by atoms with Gasteiger partial charge in [0.05, 0.1) is 0 Å². The Morgan fingerprint density at radius 1 is 1.17 bits per heavy atom. The molecular weight excluding hydrogens is 434 g/mol. The molecule has 0 N–H and O–H groups in total. The molecule has 3 rings (SSSR count). The Kier molecular flexibility index (Phi) is 6.69. The second kappa shape index (κ2) is 9.22. The molecule has 0 bridgehead atoms. The summed E-state index contributed by atoms with van der Waals surface area (Å²) in [6.07, 6.45) is 0. The molecule has 3 aromatic rings. The molecule has 0 saturated carbocycles. The van der Waals surface area contributed by atoms with Gasteiger partial charge >= 0.3 is 0 Å². The summed E-state index contributed by atoms with van der Waals surface area (Å²) >= 11 is 3.42. The van der Waals surface area contributed by atoms with Gasteiger partial charge in [0.15, 0.2) is 6.61 Å². The van der Waals surface area contributed by atoms with Gasteiger partial charge in [-0.15, -0.1) is 0 Å². The number of benzene rings is 2. The van der Waals surface area contributed by atoms with Crippen molar-refractivity contribution in [1.82, 2.24) is 15.0 Å². The number of carbonyl (C=O) groups excluding carboxylic acids is 1. The van der Waals surface area contributed by atoms with E-state index in [2.05, 4.69) is 26.1 Å². The first-order valence-corrected chi connectivity index (χ1v) is 10.2. The van der Waals surface area contributed by atoms with E-state index in [1.54, 1.807) is 4.90 Å². The zero-order valence-electron chi connectivity index (χ0n) is 17.0. The van der Waals surface area contributed by atoms with E-state index in [0.717, 1.165) is 21.2 Å². The fourth-order valence-corrected chi connectivity index (χ4v) is 3.32. The molecule has 2 aromatic carbocycles. The van der Waals surface area contributed by atoms with E-state index in [1.807, 2.05) is 70.2 Å². The zero-order valence-corrected chi connectivity index (χ0v) is 18.6. The first-order valence-electron chi connectivity index (χ1n) is 9.41. The second-order valence-corrected chi connectivity index (χ2v) is 8.11. The highest BCUT2D eigenvalue weighted by Gasteiger charge is 2.21. The van der Waals surface area contributed by atoms with Crippen LogP contribution < -0.4 is 4.74 Å². The number of amides is 1. The summed E-state index contributed by atoms with van der Waals surface area (Å²) in [5.41, 5.74) is 3.00. The summed E-state index contributed by atoms with van der Waals surface area (Å²) < 4.78 is 12.1. The van der Waals surface area contributed by atoms with Crippen molar-refractivity contribution in [2.24, 2.45) is 0 Å². The number of halogens is 1. The van der Waals surface area contributed by atoms with Gasteiger partial charge in [-0.25, -0.2) is 0 Å². The lowest BCUT2D eigenvalue weighted by Gasteiger charge is -2.25. The van der Waals surface area contributed by atoms with Gasteiger partial charge in [0.25, 0.3) is 5.91 Å². The Balaban J connectivity index is 1.66. The molecule has 0 spiro atoms. The molecule has 0 unspecified atom stereocenters. The molecule has 0 atom stereocenters. The third-order valence-corrected chi connectivity index (χ3v) is 5.01. The monoisotopic (exact) mass is 457 g/mol. The van der Waals surface area contributed by atoms with E-state index in [9.17, 15) is 4.79 Å². The van der Waals surface area contributed by atoms with Crippen molar-refractivity contribution in [1.29, 1.82) is 0 Å². The largest absolute Gasteiger partial charge is 0.483 e. The van der Waals surface area contributed by atoms with Crippen molar-refractivity contribution < 1.29 is 14.1 Å². The van der Waals surface area contributed by atoms with Crippen LogP contribution in [0, 0.1) is 13.8 Å². The van der Waals surface area contributed by atoms with E-state index < -0.39 is 0 Å². The molecule has 0 aliphatic heterocycles. The number of rotatable bonds is 7. The molecule has 7 heteroatoms. The number of ether oxygens (including phenoxy) is 1. The van der Waals surface area contributed by atoms with Crippen LogP contribution in [0.1, 0.15) is 30.9 Å². The molecule has 0 radical (unpaired) electrons. The Labute approximate surface area is 179 Å². The molecule has 1 heterocycles. The molecule has 0 fully saturated rings. The molecule has 0 saturated heterocycles. The van der Waals surface area contributed by atoms with Crippen molar-refractivity contribution in [2.45, 2.75) is 40.3 Å². The third-order valence-electron chi connectivity index (χ3n) is 4.52. The van der Waals surface area contributed by atoms with Gasteiger partial charge in [-0.3, -0.25) is 4.79 Å². The predicted molar refractivity (Wildman–Crippen MR) is 115 cm³/mol. The van der Waals surface area contributed by atoms with Crippen LogP contribution in [0.5, 0.6) is 5.75 Å². The fraction of sp³-hybridized carbons (Fsp3) is 0.318. The van der Waals surface area contributed by atoms with Gasteiger partial charge in [0.2, 0.25) is 11.7 Å². The minimum atomic E-state index is -0.141. The normalized spacial score (nSPS) is 11.0.